The van der Waals surface area contributed by atoms with E-state index in [1.807, 2.05) is 66.7 Å². The predicted molar refractivity (Wildman–Crippen MR) is 125 cm³/mol. The minimum absolute atomic E-state index is 0.191. The summed E-state index contributed by atoms with van der Waals surface area (Å²) in [6.45, 7) is 0. The summed E-state index contributed by atoms with van der Waals surface area (Å²) in [7, 11) is 0. The van der Waals surface area contributed by atoms with Gasteiger partial charge in [0.15, 0.2) is 5.09 Å². The molecule has 30 heavy (non-hydrogen) atoms. The van der Waals surface area contributed by atoms with Gasteiger partial charge in [0.2, 0.25) is 5.91 Å². The van der Waals surface area contributed by atoms with Crippen LogP contribution in [0.2, 0.25) is 5.02 Å². The molecule has 0 saturated carbocycles. The molecule has 0 aliphatic heterocycles. The van der Waals surface area contributed by atoms with Crippen molar-refractivity contribution in [1.29, 1.82) is 0 Å². The van der Waals surface area contributed by atoms with Crippen LogP contribution in [-0.4, -0.2) is 12.1 Å². The van der Waals surface area contributed by atoms with Gasteiger partial charge in [-0.1, -0.05) is 65.8 Å². The molecule has 0 aliphatic rings. The van der Waals surface area contributed by atoms with Crippen LogP contribution in [0.15, 0.2) is 96.8 Å². The van der Waals surface area contributed by atoms with E-state index in [2.05, 4.69) is 26.5 Å². The maximum absolute atomic E-state index is 12.3. The Hall–Kier alpha value is -2.54. The number of hydrogen-bond donors (Lipinski definition) is 1. The zero-order valence-electron chi connectivity index (χ0n) is 15.6. The summed E-state index contributed by atoms with van der Waals surface area (Å²) in [5.74, 6) is 0.341. The molecule has 1 N–H and O–H groups in total. The highest BCUT2D eigenvalue weighted by atomic mass is 79.9. The van der Waals surface area contributed by atoms with Crippen molar-refractivity contribution in [2.45, 2.75) is 16.4 Å². The first-order valence-corrected chi connectivity index (χ1v) is 11.1. The van der Waals surface area contributed by atoms with E-state index in [0.717, 1.165) is 25.7 Å². The van der Waals surface area contributed by atoms with Crippen LogP contribution in [0.4, 0.5) is 0 Å². The van der Waals surface area contributed by atoms with Crippen LogP contribution < -0.4 is 5.43 Å². The molecule has 0 unspecified atom stereocenters. The maximum Gasteiger partial charge on any atom is 0.244 e. The van der Waals surface area contributed by atoms with Gasteiger partial charge in [-0.05, 0) is 56.5 Å². The molecule has 0 atom stereocenters. The zero-order valence-corrected chi connectivity index (χ0v) is 18.8. The van der Waals surface area contributed by atoms with Gasteiger partial charge in [-0.3, -0.25) is 4.79 Å². The molecule has 0 radical (unpaired) electrons. The van der Waals surface area contributed by atoms with Crippen LogP contribution in [-0.2, 0) is 11.2 Å². The molecule has 0 fully saturated rings. The molecule has 4 rings (SSSR count). The lowest BCUT2D eigenvalue weighted by Crippen LogP contribution is -2.19. The molecule has 3 aromatic carbocycles. The van der Waals surface area contributed by atoms with Crippen LogP contribution in [0.1, 0.15) is 11.3 Å². The lowest BCUT2D eigenvalue weighted by molar-refractivity contribution is -0.120. The number of furan rings is 1. The van der Waals surface area contributed by atoms with E-state index in [-0.39, 0.29) is 12.3 Å². The lowest BCUT2D eigenvalue weighted by Gasteiger charge is -2.05. The van der Waals surface area contributed by atoms with Crippen molar-refractivity contribution in [2.75, 3.05) is 0 Å². The van der Waals surface area contributed by atoms with Crippen LogP contribution >= 0.6 is 39.3 Å². The van der Waals surface area contributed by atoms with E-state index < -0.39 is 0 Å². The summed E-state index contributed by atoms with van der Waals surface area (Å²) in [6.07, 6.45) is 1.73. The van der Waals surface area contributed by atoms with Crippen molar-refractivity contribution in [1.82, 2.24) is 5.43 Å². The zero-order chi connectivity index (χ0) is 20.9. The molecule has 0 bridgehead atoms. The van der Waals surface area contributed by atoms with Gasteiger partial charge < -0.3 is 4.42 Å². The molecule has 1 aromatic heterocycles. The second kappa shape index (κ2) is 9.51. The summed E-state index contributed by atoms with van der Waals surface area (Å²) >= 11 is 10.9. The maximum atomic E-state index is 12.3. The van der Waals surface area contributed by atoms with E-state index in [4.69, 9.17) is 16.0 Å². The molecule has 0 aliphatic carbocycles. The number of benzene rings is 3. The largest absolute Gasteiger partial charge is 0.447 e. The minimum atomic E-state index is -0.191. The third kappa shape index (κ3) is 5.14. The number of carbonyl (C=O) groups excluding carboxylic acids is 1. The quantitative estimate of drug-likeness (QED) is 0.237. The molecule has 0 saturated heterocycles. The van der Waals surface area contributed by atoms with Gasteiger partial charge in [0.1, 0.15) is 5.76 Å². The van der Waals surface area contributed by atoms with Gasteiger partial charge in [0.05, 0.1) is 17.1 Å². The first-order chi connectivity index (χ1) is 14.6. The second-order valence-electron chi connectivity index (χ2n) is 6.45. The van der Waals surface area contributed by atoms with Crippen LogP contribution in [0, 0.1) is 0 Å². The molecule has 4 nitrogen and oxygen atoms in total. The third-order valence-electron chi connectivity index (χ3n) is 4.31. The van der Waals surface area contributed by atoms with E-state index in [1.165, 1.54) is 18.0 Å². The summed E-state index contributed by atoms with van der Waals surface area (Å²) in [4.78, 5) is 13.3. The van der Waals surface area contributed by atoms with Gasteiger partial charge in [-0.2, -0.15) is 5.10 Å². The molecule has 1 amide bonds. The molecule has 0 spiro atoms. The summed E-state index contributed by atoms with van der Waals surface area (Å²) in [5.41, 5.74) is 3.52. The first kappa shape index (κ1) is 20.7. The number of hydrazone groups is 1. The fraction of sp³-hybridized carbons (Fsp3) is 0.0435. The fourth-order valence-electron chi connectivity index (χ4n) is 2.94. The van der Waals surface area contributed by atoms with Gasteiger partial charge in [0, 0.05) is 16.0 Å². The second-order valence-corrected chi connectivity index (χ2v) is 8.79. The monoisotopic (exact) mass is 498 g/mol. The minimum Gasteiger partial charge on any atom is -0.447 e. The number of rotatable bonds is 6. The Labute approximate surface area is 191 Å². The Morgan fingerprint density at radius 1 is 1.10 bits per heavy atom. The van der Waals surface area contributed by atoms with Crippen molar-refractivity contribution in [3.05, 3.63) is 93.6 Å². The molecule has 1 heterocycles. The Morgan fingerprint density at radius 3 is 2.70 bits per heavy atom. The molecular weight excluding hydrogens is 484 g/mol. The average molecular weight is 500 g/mol. The number of nitrogens with zero attached hydrogens (tertiary/aromatic N) is 1. The van der Waals surface area contributed by atoms with Gasteiger partial charge in [0.25, 0.3) is 0 Å². The number of hydrogen-bond acceptors (Lipinski definition) is 4. The molecule has 150 valence electrons. The summed E-state index contributed by atoms with van der Waals surface area (Å²) < 4.78 is 6.60. The first-order valence-electron chi connectivity index (χ1n) is 9.10. The highest BCUT2D eigenvalue weighted by Gasteiger charge is 2.10. The standard InChI is InChI=1S/C23H16BrClN2O2S/c24-21-13-18(29-23(21)30-19-10-8-17(25)9-11-19)14-26-27-22(28)12-16-6-3-5-15-4-1-2-7-20(15)16/h1-11,13-14H,12H2,(H,27,28)/b26-14-. The number of amides is 1. The smallest absolute Gasteiger partial charge is 0.244 e. The Morgan fingerprint density at radius 2 is 1.87 bits per heavy atom. The fourth-order valence-corrected chi connectivity index (χ4v) is 4.39. The van der Waals surface area contributed by atoms with Crippen LogP contribution in [0.3, 0.4) is 0 Å². The molecular formula is C23H16BrClN2O2S. The van der Waals surface area contributed by atoms with Gasteiger partial charge >= 0.3 is 0 Å². The lowest BCUT2D eigenvalue weighted by atomic mass is 10.0. The molecule has 7 heteroatoms. The van der Waals surface area contributed by atoms with Crippen molar-refractivity contribution in [3.63, 3.8) is 0 Å². The SMILES string of the molecule is O=C(Cc1cccc2ccccc12)N/N=C\c1cc(Br)c(Sc2ccc(Cl)cc2)o1. The number of fused-ring (bicyclic) bond motifs is 1. The van der Waals surface area contributed by atoms with Crippen molar-refractivity contribution < 1.29 is 9.21 Å². The Kier molecular flexibility index (Phi) is 6.57. The van der Waals surface area contributed by atoms with E-state index in [0.29, 0.717) is 15.9 Å². The highest BCUT2D eigenvalue weighted by molar-refractivity contribution is 9.10. The Bertz CT molecular complexity index is 1220. The number of nitrogens with one attached hydrogen (secondary N) is 1. The average Bonchev–Trinajstić information content (AvgIpc) is 3.09. The van der Waals surface area contributed by atoms with Crippen molar-refractivity contribution in [2.24, 2.45) is 5.10 Å². The normalized spacial score (nSPS) is 11.3. The molecule has 4 aromatic rings. The van der Waals surface area contributed by atoms with Gasteiger partial charge in [-0.15, -0.1) is 0 Å². The van der Waals surface area contributed by atoms with E-state index in [9.17, 15) is 4.79 Å². The van der Waals surface area contributed by atoms with Crippen molar-refractivity contribution in [3.8, 4) is 0 Å². The third-order valence-corrected chi connectivity index (χ3v) is 6.41. The van der Waals surface area contributed by atoms with Crippen LogP contribution in [0.5, 0.6) is 0 Å². The van der Waals surface area contributed by atoms with E-state index >= 15 is 0 Å². The topological polar surface area (TPSA) is 54.6 Å². The summed E-state index contributed by atoms with van der Waals surface area (Å²) in [6, 6.07) is 23.2. The van der Waals surface area contributed by atoms with Crippen molar-refractivity contribution >= 4 is 62.2 Å². The summed E-state index contributed by atoms with van der Waals surface area (Å²) in [5, 5.41) is 7.58. The predicted octanol–water partition coefficient (Wildman–Crippen LogP) is 6.69. The highest BCUT2D eigenvalue weighted by Crippen LogP contribution is 2.35. The van der Waals surface area contributed by atoms with Gasteiger partial charge in [-0.25, -0.2) is 5.43 Å². The van der Waals surface area contributed by atoms with Crippen LogP contribution in [0.25, 0.3) is 10.8 Å². The number of carbonyl (C=O) groups is 1. The van der Waals surface area contributed by atoms with E-state index in [1.54, 1.807) is 6.07 Å². The Balaban J connectivity index is 1.38. The number of halogens is 2.